The van der Waals surface area contributed by atoms with Gasteiger partial charge >= 0.3 is 26.2 Å². The van der Waals surface area contributed by atoms with Crippen LogP contribution in [0.1, 0.15) is 0 Å². The van der Waals surface area contributed by atoms with Gasteiger partial charge in [0.05, 0.1) is 0 Å². The Kier molecular flexibility index (Phi) is 23.5. The zero-order valence-electron chi connectivity index (χ0n) is 16.3. The molecule has 0 aliphatic carbocycles. The molecule has 5 heteroatoms. The molecule has 0 saturated heterocycles. The minimum Gasteiger partial charge on any atom is -1.00 e. The number of halogens is 2. The number of benzene rings is 2. The van der Waals surface area contributed by atoms with Crippen LogP contribution in [0.25, 0.3) is 21.5 Å². The summed E-state index contributed by atoms with van der Waals surface area (Å²) in [7, 11) is 2.17. The van der Waals surface area contributed by atoms with Gasteiger partial charge < -0.3 is 24.8 Å². The monoisotopic (exact) mass is 506 g/mol. The topological polar surface area (TPSA) is 0 Å². The van der Waals surface area contributed by atoms with Crippen LogP contribution in [0, 0.1) is 0 Å². The van der Waals surface area contributed by atoms with Crippen molar-refractivity contribution in [2.24, 2.45) is 0 Å². The van der Waals surface area contributed by atoms with Gasteiger partial charge in [-0.05, 0) is 0 Å². The Morgan fingerprint density at radius 3 is 1.15 bits per heavy atom. The molecule has 0 amide bonds. The molecule has 4 rings (SSSR count). The van der Waals surface area contributed by atoms with Crippen LogP contribution >= 0.6 is 0 Å². The van der Waals surface area contributed by atoms with E-state index in [1.54, 1.807) is 0 Å². The van der Waals surface area contributed by atoms with Crippen LogP contribution in [0.5, 0.6) is 0 Å². The predicted octanol–water partition coefficient (Wildman–Crippen LogP) is 0.697. The standard InChI is InChI=1S/2C9H7.2C2H6Si.2ClH.Zr/c2*1-2-5-9-7-3-6-8(9)4-1;2*1-3-2;;;/h2*1-7H;2*1-2H3;2*1H;/q2*-1;;;;;+2/p-2. The normalized spacial score (nSPS) is 8.15. The van der Waals surface area contributed by atoms with Gasteiger partial charge in [-0.15, -0.1) is 59.3 Å². The fourth-order valence-electron chi connectivity index (χ4n) is 2.14. The van der Waals surface area contributed by atoms with Gasteiger partial charge in [0.15, 0.2) is 0 Å². The first kappa shape index (κ1) is 31.3. The molecule has 0 fully saturated rings. The molecule has 0 saturated carbocycles. The maximum absolute atomic E-state index is 2.15. The largest absolute Gasteiger partial charge is 2.00 e. The summed E-state index contributed by atoms with van der Waals surface area (Å²) in [5.41, 5.74) is 0. The average molecular weight is 509 g/mol. The van der Waals surface area contributed by atoms with Crippen LogP contribution < -0.4 is 24.8 Å². The van der Waals surface area contributed by atoms with Crippen molar-refractivity contribution < 1.29 is 51.0 Å². The van der Waals surface area contributed by atoms with Gasteiger partial charge in [0.1, 0.15) is 0 Å². The molecule has 0 N–H and O–H groups in total. The Morgan fingerprint density at radius 2 is 0.852 bits per heavy atom. The molecule has 4 aromatic rings. The van der Waals surface area contributed by atoms with Crippen LogP contribution in [-0.4, -0.2) is 19.0 Å². The molecule has 0 heterocycles. The van der Waals surface area contributed by atoms with Gasteiger partial charge in [-0.25, -0.2) is 0 Å². The Balaban J connectivity index is -0.000000307. The molecule has 27 heavy (non-hydrogen) atoms. The van der Waals surface area contributed by atoms with E-state index in [1.165, 1.54) is 21.5 Å². The molecule has 0 unspecified atom stereocenters. The second kappa shape index (κ2) is 20.3. The van der Waals surface area contributed by atoms with Crippen molar-refractivity contribution in [1.82, 2.24) is 0 Å². The van der Waals surface area contributed by atoms with Crippen molar-refractivity contribution in [2.75, 3.05) is 0 Å². The minimum absolute atomic E-state index is 0. The third kappa shape index (κ3) is 12.6. The fraction of sp³-hybridized carbons (Fsp3) is 0.182. The Hall–Kier alpha value is -0.443. The van der Waals surface area contributed by atoms with E-state index in [1.807, 2.05) is 0 Å². The summed E-state index contributed by atoms with van der Waals surface area (Å²) in [6.07, 6.45) is 0. The number of rotatable bonds is 0. The van der Waals surface area contributed by atoms with E-state index in [0.29, 0.717) is 0 Å². The van der Waals surface area contributed by atoms with Crippen LogP contribution in [0.3, 0.4) is 0 Å². The smallest absolute Gasteiger partial charge is 1.00 e. The quantitative estimate of drug-likeness (QED) is 0.242. The maximum Gasteiger partial charge on any atom is 2.00 e. The molecule has 0 bridgehead atoms. The van der Waals surface area contributed by atoms with Gasteiger partial charge in [-0.3, -0.25) is 0 Å². The molecular weight excluding hydrogens is 483 g/mol. The van der Waals surface area contributed by atoms with E-state index in [0.717, 1.165) is 19.0 Å². The molecular formula is C22H26Cl2Si2Zr-2. The van der Waals surface area contributed by atoms with Crippen molar-refractivity contribution in [1.29, 1.82) is 0 Å². The number of hydrogen-bond donors (Lipinski definition) is 0. The van der Waals surface area contributed by atoms with E-state index in [2.05, 4.69) is 111 Å². The zero-order valence-corrected chi connectivity index (χ0v) is 22.3. The van der Waals surface area contributed by atoms with Crippen molar-refractivity contribution in [3.05, 3.63) is 84.9 Å². The summed E-state index contributed by atoms with van der Waals surface area (Å²) in [5.74, 6) is 0. The average Bonchev–Trinajstić information content (AvgIpc) is 3.26. The minimum atomic E-state index is 0. The molecule has 0 nitrogen and oxygen atoms in total. The fourth-order valence-corrected chi connectivity index (χ4v) is 2.14. The first-order valence-corrected chi connectivity index (χ1v) is 12.1. The summed E-state index contributed by atoms with van der Waals surface area (Å²) < 4.78 is 0. The summed E-state index contributed by atoms with van der Waals surface area (Å²) in [4.78, 5) is 0. The van der Waals surface area contributed by atoms with Crippen molar-refractivity contribution >= 4 is 40.6 Å². The van der Waals surface area contributed by atoms with Crippen LogP contribution in [0.2, 0.25) is 26.2 Å². The number of hydrogen-bond acceptors (Lipinski definition) is 0. The summed E-state index contributed by atoms with van der Waals surface area (Å²) in [6.45, 7) is 8.61. The summed E-state index contributed by atoms with van der Waals surface area (Å²) in [5, 5.41) is 5.32. The van der Waals surface area contributed by atoms with Gasteiger partial charge in [0, 0.05) is 19.0 Å². The van der Waals surface area contributed by atoms with E-state index >= 15 is 0 Å². The van der Waals surface area contributed by atoms with Crippen molar-refractivity contribution in [3.63, 3.8) is 0 Å². The Labute approximate surface area is 201 Å². The van der Waals surface area contributed by atoms with E-state index < -0.39 is 0 Å². The first-order chi connectivity index (χ1) is 11.8. The van der Waals surface area contributed by atoms with Crippen molar-refractivity contribution in [2.45, 2.75) is 26.2 Å². The van der Waals surface area contributed by atoms with E-state index in [9.17, 15) is 0 Å². The molecule has 0 atom stereocenters. The zero-order chi connectivity index (χ0) is 17.6. The SMILES string of the molecule is C[Si]C.C[Si]C.[Cl-].[Cl-].[Zr+2].c1ccc2[cH-]ccc2c1.c1ccc2[cH-]ccc2c1. The molecule has 4 radical (unpaired) electrons. The van der Waals surface area contributed by atoms with E-state index in [-0.39, 0.29) is 51.0 Å². The van der Waals surface area contributed by atoms with E-state index in [4.69, 9.17) is 0 Å². The van der Waals surface area contributed by atoms with Gasteiger partial charge in [-0.1, -0.05) is 38.3 Å². The predicted molar refractivity (Wildman–Crippen MR) is 114 cm³/mol. The molecule has 0 aliphatic rings. The molecule has 0 aromatic heterocycles. The number of fused-ring (bicyclic) bond motifs is 2. The van der Waals surface area contributed by atoms with Crippen LogP contribution in [-0.2, 0) is 26.2 Å². The third-order valence-electron chi connectivity index (χ3n) is 3.10. The second-order valence-corrected chi connectivity index (χ2v) is 7.31. The summed E-state index contributed by atoms with van der Waals surface area (Å²) in [6, 6.07) is 29.3. The molecule has 0 aliphatic heterocycles. The van der Waals surface area contributed by atoms with Crippen LogP contribution in [0.4, 0.5) is 0 Å². The van der Waals surface area contributed by atoms with Crippen molar-refractivity contribution in [3.8, 4) is 0 Å². The maximum atomic E-state index is 2.15. The second-order valence-electron chi connectivity index (χ2n) is 5.31. The first-order valence-electron chi connectivity index (χ1n) is 8.14. The Bertz CT molecular complexity index is 668. The third-order valence-corrected chi connectivity index (χ3v) is 3.10. The van der Waals surface area contributed by atoms with Gasteiger partial charge in [-0.2, -0.15) is 35.0 Å². The Morgan fingerprint density at radius 1 is 0.556 bits per heavy atom. The van der Waals surface area contributed by atoms with Crippen LogP contribution in [0.15, 0.2) is 84.9 Å². The summed E-state index contributed by atoms with van der Waals surface area (Å²) >= 11 is 0. The molecule has 4 aromatic carbocycles. The van der Waals surface area contributed by atoms with Gasteiger partial charge in [0.25, 0.3) is 0 Å². The van der Waals surface area contributed by atoms with Gasteiger partial charge in [0.2, 0.25) is 0 Å². The molecule has 142 valence electrons. The molecule has 0 spiro atoms.